The van der Waals surface area contributed by atoms with Gasteiger partial charge in [0.1, 0.15) is 23.0 Å². The highest BCUT2D eigenvalue weighted by atomic mass is 16.5. The molecular formula is C26H42N4O2. The Morgan fingerprint density at radius 1 is 1.19 bits per heavy atom. The molecule has 1 aliphatic heterocycles. The Bertz CT molecular complexity index is 782. The van der Waals surface area contributed by atoms with Gasteiger partial charge in [-0.25, -0.2) is 4.99 Å². The lowest BCUT2D eigenvalue weighted by Gasteiger charge is -2.26. The van der Waals surface area contributed by atoms with Crippen LogP contribution in [0.1, 0.15) is 66.2 Å². The molecule has 178 valence electrons. The lowest BCUT2D eigenvalue weighted by molar-refractivity contribution is 0.0762. The van der Waals surface area contributed by atoms with Gasteiger partial charge < -0.3 is 14.8 Å². The lowest BCUT2D eigenvalue weighted by Crippen LogP contribution is -2.21. The van der Waals surface area contributed by atoms with Crippen molar-refractivity contribution in [1.29, 1.82) is 0 Å². The fourth-order valence-electron chi connectivity index (χ4n) is 3.80. The van der Waals surface area contributed by atoms with Crippen LogP contribution in [0.5, 0.6) is 0 Å². The molecule has 1 heterocycles. The van der Waals surface area contributed by atoms with Crippen LogP contribution in [0.15, 0.2) is 74.5 Å². The number of nitrogens with one attached hydrogen (secondary N) is 1. The maximum Gasteiger partial charge on any atom is 0.137 e. The second kappa shape index (κ2) is 15.4. The second-order valence-electron chi connectivity index (χ2n) is 7.92. The first-order valence-corrected chi connectivity index (χ1v) is 11.6. The lowest BCUT2D eigenvalue weighted by atomic mass is 9.86. The highest BCUT2D eigenvalue weighted by Crippen LogP contribution is 2.32. The van der Waals surface area contributed by atoms with Crippen molar-refractivity contribution in [2.75, 3.05) is 27.4 Å². The largest absolute Gasteiger partial charge is 0.495 e. The number of azo groups is 1. The topological polar surface area (TPSA) is 67.6 Å². The van der Waals surface area contributed by atoms with Crippen LogP contribution in [-0.2, 0) is 9.47 Å². The maximum atomic E-state index is 5.54. The molecule has 1 rings (SSSR count). The number of amidine groups is 1. The number of allylic oxidation sites excluding steroid dienone is 4. The van der Waals surface area contributed by atoms with Gasteiger partial charge in [-0.3, -0.25) is 0 Å². The zero-order valence-corrected chi connectivity index (χ0v) is 21.0. The average Bonchev–Trinajstić information content (AvgIpc) is 2.80. The number of ether oxygens (including phenoxy) is 2. The van der Waals surface area contributed by atoms with Gasteiger partial charge in [0, 0.05) is 20.3 Å². The minimum absolute atomic E-state index is 0.453. The van der Waals surface area contributed by atoms with E-state index in [0.717, 1.165) is 55.9 Å². The second-order valence-corrected chi connectivity index (χ2v) is 7.92. The van der Waals surface area contributed by atoms with E-state index in [2.05, 4.69) is 61.6 Å². The van der Waals surface area contributed by atoms with E-state index in [9.17, 15) is 0 Å². The molecular weight excluding hydrogens is 400 g/mol. The van der Waals surface area contributed by atoms with Crippen molar-refractivity contribution in [3.63, 3.8) is 0 Å². The number of hydrogen-bond donors (Lipinski definition) is 1. The van der Waals surface area contributed by atoms with Crippen molar-refractivity contribution in [2.45, 2.75) is 66.2 Å². The fourth-order valence-corrected chi connectivity index (χ4v) is 3.80. The van der Waals surface area contributed by atoms with Crippen LogP contribution in [0, 0.1) is 5.92 Å². The normalized spacial score (nSPS) is 17.4. The predicted molar refractivity (Wildman–Crippen MR) is 135 cm³/mol. The molecule has 6 heteroatoms. The van der Waals surface area contributed by atoms with Gasteiger partial charge in [-0.05, 0) is 63.5 Å². The number of nitrogens with zero attached hydrogens (tertiary/aromatic N) is 3. The first kappa shape index (κ1) is 27.6. The third-order valence-electron chi connectivity index (χ3n) is 5.54. The Morgan fingerprint density at radius 3 is 2.44 bits per heavy atom. The third kappa shape index (κ3) is 8.95. The Labute approximate surface area is 195 Å². The van der Waals surface area contributed by atoms with Crippen LogP contribution in [0.3, 0.4) is 0 Å². The molecule has 32 heavy (non-hydrogen) atoms. The highest BCUT2D eigenvalue weighted by Gasteiger charge is 2.21. The van der Waals surface area contributed by atoms with Gasteiger partial charge in [0.25, 0.3) is 0 Å². The summed E-state index contributed by atoms with van der Waals surface area (Å²) in [7, 11) is 3.28. The van der Waals surface area contributed by atoms with E-state index >= 15 is 0 Å². The van der Waals surface area contributed by atoms with Gasteiger partial charge in [-0.15, -0.1) is 0 Å². The summed E-state index contributed by atoms with van der Waals surface area (Å²) in [4.78, 5) is 4.83. The van der Waals surface area contributed by atoms with Crippen molar-refractivity contribution < 1.29 is 9.47 Å². The van der Waals surface area contributed by atoms with Gasteiger partial charge in [0.2, 0.25) is 0 Å². The van der Waals surface area contributed by atoms with Crippen molar-refractivity contribution in [2.24, 2.45) is 21.1 Å². The molecule has 6 nitrogen and oxygen atoms in total. The molecule has 0 atom stereocenters. The molecule has 1 aliphatic rings. The summed E-state index contributed by atoms with van der Waals surface area (Å²) in [5.41, 5.74) is 4.48. The molecule has 0 bridgehead atoms. The number of unbranched alkanes of at least 4 members (excludes halogenated alkanes) is 3. The Hall–Kier alpha value is -2.47. The molecule has 0 amide bonds. The summed E-state index contributed by atoms with van der Waals surface area (Å²) in [6, 6.07) is 0. The zero-order valence-electron chi connectivity index (χ0n) is 21.0. The molecule has 0 radical (unpaired) electrons. The molecule has 0 spiro atoms. The predicted octanol–water partition coefficient (Wildman–Crippen LogP) is 6.86. The van der Waals surface area contributed by atoms with Crippen molar-refractivity contribution in [3.05, 3.63) is 59.3 Å². The van der Waals surface area contributed by atoms with Crippen LogP contribution in [-0.4, -0.2) is 33.2 Å². The first-order chi connectivity index (χ1) is 15.4. The molecule has 0 saturated carbocycles. The van der Waals surface area contributed by atoms with E-state index < -0.39 is 0 Å². The summed E-state index contributed by atoms with van der Waals surface area (Å²) in [6.07, 6.45) is 10.7. The Kier molecular flexibility index (Phi) is 13.2. The summed E-state index contributed by atoms with van der Waals surface area (Å²) < 4.78 is 11.0. The van der Waals surface area contributed by atoms with E-state index in [1.165, 1.54) is 18.4 Å². The van der Waals surface area contributed by atoms with Crippen molar-refractivity contribution in [1.82, 2.24) is 5.32 Å². The minimum Gasteiger partial charge on any atom is -0.495 e. The smallest absolute Gasteiger partial charge is 0.137 e. The van der Waals surface area contributed by atoms with Gasteiger partial charge in [0.05, 0.1) is 12.8 Å². The van der Waals surface area contributed by atoms with Gasteiger partial charge >= 0.3 is 0 Å². The van der Waals surface area contributed by atoms with E-state index in [1.807, 2.05) is 6.92 Å². The van der Waals surface area contributed by atoms with Crippen LogP contribution in [0.4, 0.5) is 0 Å². The molecule has 0 aromatic rings. The summed E-state index contributed by atoms with van der Waals surface area (Å²) >= 11 is 0. The van der Waals surface area contributed by atoms with Crippen molar-refractivity contribution >= 4 is 5.84 Å². The summed E-state index contributed by atoms with van der Waals surface area (Å²) in [6.45, 7) is 18.1. The first-order valence-electron chi connectivity index (χ1n) is 11.6. The molecule has 0 aliphatic carbocycles. The van der Waals surface area contributed by atoms with E-state index in [-0.39, 0.29) is 0 Å². The van der Waals surface area contributed by atoms with E-state index in [4.69, 9.17) is 14.5 Å². The summed E-state index contributed by atoms with van der Waals surface area (Å²) in [5, 5.41) is 11.4. The van der Waals surface area contributed by atoms with Gasteiger partial charge in [-0.1, -0.05) is 45.1 Å². The van der Waals surface area contributed by atoms with Gasteiger partial charge in [0.15, 0.2) is 0 Å². The number of methoxy groups -OCH3 is 1. The van der Waals surface area contributed by atoms with Crippen molar-refractivity contribution in [3.8, 4) is 0 Å². The zero-order chi connectivity index (χ0) is 23.9. The quantitative estimate of drug-likeness (QED) is 0.0896. The average molecular weight is 443 g/mol. The van der Waals surface area contributed by atoms with E-state index in [1.54, 1.807) is 14.2 Å². The van der Waals surface area contributed by atoms with Crippen LogP contribution < -0.4 is 5.32 Å². The Balaban J connectivity index is 3.14. The fraction of sp³-hybridized carbons (Fsp3) is 0.577. The minimum atomic E-state index is 0.453. The molecule has 1 fully saturated rings. The highest BCUT2D eigenvalue weighted by molar-refractivity contribution is 5.83. The molecule has 1 N–H and O–H groups in total. The monoisotopic (exact) mass is 442 g/mol. The van der Waals surface area contributed by atoms with Crippen LogP contribution >= 0.6 is 0 Å². The van der Waals surface area contributed by atoms with Gasteiger partial charge in [-0.2, -0.15) is 10.2 Å². The maximum absolute atomic E-state index is 5.54. The standard InChI is InChI=1S/C26H42N4O2/c1-9-11-12-13-14-25(30-27-7)20(4)28-22(6)29-26(21(5)31-8)19(3)24(10-2)23-15-17-32-18-16-23/h10,14,23H,4-5,9,11-13,15-18H2,1-3,6-8H3,(H,28,29)/b24-10+,25-14-,26-19+,30-27?. The summed E-state index contributed by atoms with van der Waals surface area (Å²) in [5.74, 6) is 1.68. The van der Waals surface area contributed by atoms with Crippen LogP contribution in [0.2, 0.25) is 0 Å². The number of rotatable bonds is 12. The third-order valence-corrected chi connectivity index (χ3v) is 5.54. The molecule has 0 aromatic carbocycles. The van der Waals surface area contributed by atoms with Crippen LogP contribution in [0.25, 0.3) is 0 Å². The number of aliphatic imine (C=N–C) groups is 1. The van der Waals surface area contributed by atoms with E-state index in [0.29, 0.717) is 23.2 Å². The molecule has 0 aromatic heterocycles. The molecule has 0 unspecified atom stereocenters. The SMILES string of the molecule is C=C(NC(C)=N/C(C(=C)OC)=C(C)/C(=C\C)C1CCOCC1)/C(=C/CCCCC)N=NC. The molecule has 1 saturated heterocycles. The number of hydrogen-bond acceptors (Lipinski definition) is 5. The Morgan fingerprint density at radius 2 is 1.88 bits per heavy atom.